The van der Waals surface area contributed by atoms with Gasteiger partial charge in [0.25, 0.3) is 0 Å². The maximum absolute atomic E-state index is 5.67. The molecule has 0 aliphatic carbocycles. The Morgan fingerprint density at radius 1 is 1.31 bits per heavy atom. The van der Waals surface area contributed by atoms with Gasteiger partial charge in [-0.3, -0.25) is 0 Å². The Morgan fingerprint density at radius 2 is 2.12 bits per heavy atom. The van der Waals surface area contributed by atoms with Crippen molar-refractivity contribution in [2.45, 2.75) is 37.7 Å². The average molecular weight is 283 g/mol. The van der Waals surface area contributed by atoms with Crippen LogP contribution in [-0.2, 0) is 4.74 Å². The first-order valence-electron chi connectivity index (χ1n) is 6.12. The van der Waals surface area contributed by atoms with E-state index in [0.717, 1.165) is 11.9 Å². The number of halogens is 1. The van der Waals surface area contributed by atoms with Crippen molar-refractivity contribution in [1.82, 2.24) is 0 Å². The minimum Gasteiger partial charge on any atom is -0.378 e. The van der Waals surface area contributed by atoms with E-state index in [0.29, 0.717) is 12.0 Å². The quantitative estimate of drug-likeness (QED) is 0.738. The Hall–Kier alpha value is -0.340. The number of benzene rings is 1. The van der Waals surface area contributed by atoms with Crippen molar-refractivity contribution in [2.75, 3.05) is 11.9 Å². The monoisotopic (exact) mass is 282 g/mol. The lowest BCUT2D eigenvalue weighted by atomic mass is 9.94. The third-order valence-electron chi connectivity index (χ3n) is 3.32. The summed E-state index contributed by atoms with van der Waals surface area (Å²) in [4.78, 5) is 0. The molecule has 0 saturated carbocycles. The lowest BCUT2D eigenvalue weighted by molar-refractivity contribution is 0.101. The molecule has 88 valence electrons. The van der Waals surface area contributed by atoms with Crippen LogP contribution < -0.4 is 0 Å². The van der Waals surface area contributed by atoms with E-state index >= 15 is 0 Å². The third kappa shape index (κ3) is 3.33. The van der Waals surface area contributed by atoms with Crippen molar-refractivity contribution >= 4 is 15.9 Å². The van der Waals surface area contributed by atoms with Gasteiger partial charge in [0.1, 0.15) is 0 Å². The van der Waals surface area contributed by atoms with E-state index in [-0.39, 0.29) is 0 Å². The van der Waals surface area contributed by atoms with Gasteiger partial charge in [0.15, 0.2) is 0 Å². The van der Waals surface area contributed by atoms with Gasteiger partial charge in [0.2, 0.25) is 0 Å². The van der Waals surface area contributed by atoms with Crippen LogP contribution in [0.4, 0.5) is 0 Å². The second kappa shape index (κ2) is 6.41. The molecule has 16 heavy (non-hydrogen) atoms. The molecule has 1 aliphatic rings. The highest BCUT2D eigenvalue weighted by Gasteiger charge is 2.18. The largest absolute Gasteiger partial charge is 0.378 e. The zero-order chi connectivity index (χ0) is 11.2. The number of ether oxygens (including phenoxy) is 1. The first-order chi connectivity index (χ1) is 7.90. The SMILES string of the molecule is BrCC(CCC1CCCO1)c1ccccc1. The molecule has 0 bridgehead atoms. The van der Waals surface area contributed by atoms with E-state index < -0.39 is 0 Å². The van der Waals surface area contributed by atoms with Gasteiger partial charge in [-0.2, -0.15) is 0 Å². The van der Waals surface area contributed by atoms with E-state index in [9.17, 15) is 0 Å². The molecule has 1 aromatic rings. The summed E-state index contributed by atoms with van der Waals surface area (Å²) < 4.78 is 5.67. The lowest BCUT2D eigenvalue weighted by Gasteiger charge is -2.16. The number of alkyl halides is 1. The van der Waals surface area contributed by atoms with Crippen LogP contribution in [0.3, 0.4) is 0 Å². The predicted octanol–water partition coefficient (Wildman–Crippen LogP) is 4.12. The summed E-state index contributed by atoms with van der Waals surface area (Å²) in [5, 5.41) is 1.05. The predicted molar refractivity (Wildman–Crippen MR) is 71.2 cm³/mol. The molecule has 1 saturated heterocycles. The van der Waals surface area contributed by atoms with Crippen LogP contribution in [0.2, 0.25) is 0 Å². The van der Waals surface area contributed by atoms with Crippen molar-refractivity contribution in [1.29, 1.82) is 0 Å². The zero-order valence-corrected chi connectivity index (χ0v) is 11.2. The van der Waals surface area contributed by atoms with Gasteiger partial charge in [-0.25, -0.2) is 0 Å². The molecular formula is C14H19BrO. The molecular weight excluding hydrogens is 264 g/mol. The summed E-state index contributed by atoms with van der Waals surface area (Å²) >= 11 is 3.62. The highest BCUT2D eigenvalue weighted by molar-refractivity contribution is 9.09. The standard InChI is InChI=1S/C14H19BrO/c15-11-13(12-5-2-1-3-6-12)8-9-14-7-4-10-16-14/h1-3,5-6,13-14H,4,7-11H2. The summed E-state index contributed by atoms with van der Waals surface area (Å²) in [6.45, 7) is 0.967. The molecule has 2 rings (SSSR count). The normalized spacial score (nSPS) is 22.2. The Labute approximate surface area is 106 Å². The molecule has 0 spiro atoms. The van der Waals surface area contributed by atoms with Crippen LogP contribution in [0.25, 0.3) is 0 Å². The highest BCUT2D eigenvalue weighted by Crippen LogP contribution is 2.27. The topological polar surface area (TPSA) is 9.23 Å². The lowest BCUT2D eigenvalue weighted by Crippen LogP contribution is -2.09. The van der Waals surface area contributed by atoms with Crippen molar-refractivity contribution < 1.29 is 4.74 Å². The summed E-state index contributed by atoms with van der Waals surface area (Å²) in [6, 6.07) is 10.8. The Balaban J connectivity index is 1.85. The molecule has 0 radical (unpaired) electrons. The van der Waals surface area contributed by atoms with Gasteiger partial charge in [-0.05, 0) is 37.2 Å². The number of hydrogen-bond acceptors (Lipinski definition) is 1. The molecule has 1 heterocycles. The van der Waals surface area contributed by atoms with E-state index in [4.69, 9.17) is 4.74 Å². The van der Waals surface area contributed by atoms with Gasteiger partial charge in [-0.1, -0.05) is 46.3 Å². The van der Waals surface area contributed by atoms with Gasteiger partial charge < -0.3 is 4.74 Å². The van der Waals surface area contributed by atoms with Crippen molar-refractivity contribution in [2.24, 2.45) is 0 Å². The van der Waals surface area contributed by atoms with Crippen molar-refractivity contribution in [3.63, 3.8) is 0 Å². The fraction of sp³-hybridized carbons (Fsp3) is 0.571. The summed E-state index contributed by atoms with van der Waals surface area (Å²) in [5.74, 6) is 0.630. The van der Waals surface area contributed by atoms with Crippen LogP contribution in [0.15, 0.2) is 30.3 Å². The molecule has 2 atom stereocenters. The van der Waals surface area contributed by atoms with Crippen LogP contribution in [0, 0.1) is 0 Å². The van der Waals surface area contributed by atoms with Crippen LogP contribution in [0.5, 0.6) is 0 Å². The fourth-order valence-corrected chi connectivity index (χ4v) is 3.01. The first kappa shape index (κ1) is 12.1. The molecule has 0 N–H and O–H groups in total. The van der Waals surface area contributed by atoms with Gasteiger partial charge in [0, 0.05) is 11.9 Å². The molecule has 1 nitrogen and oxygen atoms in total. The molecule has 0 amide bonds. The van der Waals surface area contributed by atoms with Gasteiger partial charge in [0.05, 0.1) is 6.10 Å². The van der Waals surface area contributed by atoms with E-state index in [2.05, 4.69) is 46.3 Å². The van der Waals surface area contributed by atoms with Crippen molar-refractivity contribution in [3.8, 4) is 0 Å². The minimum atomic E-state index is 0.519. The number of hydrogen-bond donors (Lipinski definition) is 0. The van der Waals surface area contributed by atoms with Crippen molar-refractivity contribution in [3.05, 3.63) is 35.9 Å². The second-order valence-corrected chi connectivity index (χ2v) is 5.12. The first-order valence-corrected chi connectivity index (χ1v) is 7.25. The summed E-state index contributed by atoms with van der Waals surface area (Å²) in [7, 11) is 0. The van der Waals surface area contributed by atoms with Gasteiger partial charge >= 0.3 is 0 Å². The molecule has 1 aromatic carbocycles. The van der Waals surface area contributed by atoms with E-state index in [1.165, 1.54) is 31.2 Å². The summed E-state index contributed by atoms with van der Waals surface area (Å²) in [5.41, 5.74) is 1.44. The molecule has 2 unspecified atom stereocenters. The Bertz CT molecular complexity index is 293. The summed E-state index contributed by atoms with van der Waals surface area (Å²) in [6.07, 6.45) is 5.44. The maximum atomic E-state index is 5.67. The van der Waals surface area contributed by atoms with E-state index in [1.54, 1.807) is 0 Å². The Morgan fingerprint density at radius 3 is 2.75 bits per heavy atom. The molecule has 1 aliphatic heterocycles. The van der Waals surface area contributed by atoms with Gasteiger partial charge in [-0.15, -0.1) is 0 Å². The minimum absolute atomic E-state index is 0.519. The van der Waals surface area contributed by atoms with Crippen LogP contribution >= 0.6 is 15.9 Å². The van der Waals surface area contributed by atoms with E-state index in [1.807, 2.05) is 0 Å². The molecule has 0 aromatic heterocycles. The highest BCUT2D eigenvalue weighted by atomic mass is 79.9. The number of rotatable bonds is 5. The molecule has 2 heteroatoms. The smallest absolute Gasteiger partial charge is 0.0576 e. The third-order valence-corrected chi connectivity index (χ3v) is 4.10. The zero-order valence-electron chi connectivity index (χ0n) is 9.57. The van der Waals surface area contributed by atoms with Crippen LogP contribution in [-0.4, -0.2) is 18.0 Å². The fourth-order valence-electron chi connectivity index (χ4n) is 2.32. The van der Waals surface area contributed by atoms with Crippen LogP contribution in [0.1, 0.15) is 37.2 Å². The maximum Gasteiger partial charge on any atom is 0.0576 e. The second-order valence-electron chi connectivity index (χ2n) is 4.47. The average Bonchev–Trinajstić information content (AvgIpc) is 2.84. The Kier molecular flexibility index (Phi) is 4.86. The molecule has 1 fully saturated rings.